The Labute approximate surface area is 209 Å². The molecule has 0 saturated heterocycles. The second kappa shape index (κ2) is 10.4. The number of fused-ring (bicyclic) bond motifs is 3. The average molecular weight is 492 g/mol. The summed E-state index contributed by atoms with van der Waals surface area (Å²) in [5.41, 5.74) is 5.51. The summed E-state index contributed by atoms with van der Waals surface area (Å²) in [6, 6.07) is 22.6. The van der Waals surface area contributed by atoms with Crippen LogP contribution in [0.15, 0.2) is 72.8 Å². The fourth-order valence-corrected chi connectivity index (χ4v) is 5.42. The second-order valence-corrected chi connectivity index (χ2v) is 10.6. The quantitative estimate of drug-likeness (QED) is 0.400. The molecule has 0 heterocycles. The van der Waals surface area contributed by atoms with E-state index in [1.54, 1.807) is 7.11 Å². The normalized spacial score (nSPS) is 13.5. The van der Waals surface area contributed by atoms with E-state index in [4.69, 9.17) is 9.47 Å². The number of carboxylic acids is 1. The van der Waals surface area contributed by atoms with Crippen LogP contribution < -0.4 is 10.1 Å². The van der Waals surface area contributed by atoms with Gasteiger partial charge in [0.25, 0.3) is 0 Å². The molecule has 6 nitrogen and oxygen atoms in total. The Kier molecular flexibility index (Phi) is 7.36. The number of carbonyl (C=O) groups is 2. The molecule has 0 fully saturated rings. The average Bonchev–Trinajstić information content (AvgIpc) is 3.18. The van der Waals surface area contributed by atoms with Crippen molar-refractivity contribution in [2.24, 2.45) is 0 Å². The molecule has 0 aromatic heterocycles. The van der Waals surface area contributed by atoms with Crippen molar-refractivity contribution in [1.29, 1.82) is 0 Å². The molecule has 7 heteroatoms. The van der Waals surface area contributed by atoms with Crippen LogP contribution in [0.1, 0.15) is 36.5 Å². The van der Waals surface area contributed by atoms with Gasteiger partial charge >= 0.3 is 12.1 Å². The van der Waals surface area contributed by atoms with Crippen LogP contribution in [0.4, 0.5) is 4.79 Å². The van der Waals surface area contributed by atoms with Crippen molar-refractivity contribution in [3.63, 3.8) is 0 Å². The van der Waals surface area contributed by atoms with Gasteiger partial charge in [0, 0.05) is 16.4 Å². The molecule has 35 heavy (non-hydrogen) atoms. The number of methoxy groups -OCH3 is 1. The van der Waals surface area contributed by atoms with Crippen molar-refractivity contribution < 1.29 is 24.2 Å². The summed E-state index contributed by atoms with van der Waals surface area (Å²) in [6.45, 7) is 3.75. The number of amides is 1. The summed E-state index contributed by atoms with van der Waals surface area (Å²) in [5.74, 6) is 0.158. The van der Waals surface area contributed by atoms with Crippen molar-refractivity contribution in [2.75, 3.05) is 13.7 Å². The first kappa shape index (κ1) is 24.7. The third-order valence-corrected chi connectivity index (χ3v) is 7.78. The number of carboxylic acid groups (broad SMARTS) is 1. The van der Waals surface area contributed by atoms with Gasteiger partial charge in [-0.05, 0) is 53.8 Å². The number of thioether (sulfide) groups is 1. The number of hydrogen-bond donors (Lipinski definition) is 2. The topological polar surface area (TPSA) is 84.9 Å². The Morgan fingerprint density at radius 2 is 1.54 bits per heavy atom. The molecule has 182 valence electrons. The van der Waals surface area contributed by atoms with Gasteiger partial charge in [-0.15, -0.1) is 11.8 Å². The van der Waals surface area contributed by atoms with Crippen molar-refractivity contribution in [3.8, 4) is 16.9 Å². The number of nitrogens with one attached hydrogen (secondary N) is 1. The van der Waals surface area contributed by atoms with E-state index < -0.39 is 22.9 Å². The van der Waals surface area contributed by atoms with Gasteiger partial charge < -0.3 is 19.9 Å². The number of ether oxygens (including phenoxy) is 2. The predicted octanol–water partition coefficient (Wildman–Crippen LogP) is 5.70. The first-order chi connectivity index (χ1) is 16.8. The summed E-state index contributed by atoms with van der Waals surface area (Å²) < 4.78 is 9.97. The molecule has 1 amide bonds. The van der Waals surface area contributed by atoms with Crippen LogP contribution in [-0.4, -0.2) is 41.7 Å². The molecule has 0 aliphatic heterocycles. The summed E-state index contributed by atoms with van der Waals surface area (Å²) in [6.07, 6.45) is -0.739. The summed E-state index contributed by atoms with van der Waals surface area (Å²) >= 11 is 1.46. The highest BCUT2D eigenvalue weighted by Crippen LogP contribution is 2.44. The van der Waals surface area contributed by atoms with E-state index in [2.05, 4.69) is 17.4 Å². The molecule has 0 spiro atoms. The molecule has 4 rings (SSSR count). The van der Waals surface area contributed by atoms with E-state index in [1.165, 1.54) is 11.8 Å². The number of hydrogen-bond acceptors (Lipinski definition) is 5. The second-order valence-electron chi connectivity index (χ2n) is 8.98. The lowest BCUT2D eigenvalue weighted by Crippen LogP contribution is -2.52. The molecule has 1 aliphatic carbocycles. The van der Waals surface area contributed by atoms with Crippen LogP contribution in [0.3, 0.4) is 0 Å². The molecule has 1 unspecified atom stereocenters. The van der Waals surface area contributed by atoms with Gasteiger partial charge in [0.15, 0.2) is 0 Å². The number of benzene rings is 3. The van der Waals surface area contributed by atoms with Crippen LogP contribution in [0.5, 0.6) is 5.75 Å². The minimum Gasteiger partial charge on any atom is -0.497 e. The molecular formula is C28H29NO5S. The maximum absolute atomic E-state index is 12.7. The zero-order valence-electron chi connectivity index (χ0n) is 20.0. The predicted molar refractivity (Wildman–Crippen MR) is 138 cm³/mol. The number of alkyl carbamates (subject to hydrolysis) is 1. The minimum absolute atomic E-state index is 0.0890. The fourth-order valence-electron chi connectivity index (χ4n) is 4.37. The van der Waals surface area contributed by atoms with Gasteiger partial charge in [0.1, 0.15) is 18.4 Å². The molecule has 0 saturated carbocycles. The number of carbonyl (C=O) groups excluding carboxylic acids is 1. The summed E-state index contributed by atoms with van der Waals surface area (Å²) in [5, 5.41) is 12.4. The fraction of sp³-hybridized carbons (Fsp3) is 0.286. The Morgan fingerprint density at radius 3 is 2.09 bits per heavy atom. The Bertz CT molecular complexity index is 1160. The lowest BCUT2D eigenvalue weighted by Gasteiger charge is -2.31. The maximum atomic E-state index is 12.7. The maximum Gasteiger partial charge on any atom is 0.407 e. The standard InChI is InChI=1S/C28H29NO5S/c1-28(2,35-17-18-12-14-19(33-3)15-13-18)25(26(30)31)29-27(32)34-16-24-22-10-6-4-8-20(22)21-9-5-7-11-23(21)24/h4-15,24-25H,16-17H2,1-3H3,(H,29,32)(H,30,31). The van der Waals surface area contributed by atoms with E-state index in [9.17, 15) is 14.7 Å². The van der Waals surface area contributed by atoms with E-state index >= 15 is 0 Å². The van der Waals surface area contributed by atoms with Crippen LogP contribution in [0.25, 0.3) is 11.1 Å². The summed E-state index contributed by atoms with van der Waals surface area (Å²) in [7, 11) is 1.61. The highest BCUT2D eigenvalue weighted by atomic mass is 32.2. The Balaban J connectivity index is 1.39. The number of aliphatic carboxylic acids is 1. The molecule has 0 radical (unpaired) electrons. The van der Waals surface area contributed by atoms with Crippen LogP contribution in [0, 0.1) is 0 Å². The lowest BCUT2D eigenvalue weighted by atomic mass is 9.98. The van der Waals surface area contributed by atoms with E-state index in [-0.39, 0.29) is 12.5 Å². The Hall–Kier alpha value is -3.45. The lowest BCUT2D eigenvalue weighted by molar-refractivity contribution is -0.140. The van der Waals surface area contributed by atoms with E-state index in [0.29, 0.717) is 5.75 Å². The van der Waals surface area contributed by atoms with Crippen molar-refractivity contribution in [2.45, 2.75) is 36.3 Å². The van der Waals surface area contributed by atoms with Gasteiger partial charge in [-0.2, -0.15) is 0 Å². The third kappa shape index (κ3) is 5.46. The minimum atomic E-state index is -1.12. The molecule has 3 aromatic carbocycles. The third-order valence-electron chi connectivity index (χ3n) is 6.32. The molecule has 3 aromatic rings. The van der Waals surface area contributed by atoms with Gasteiger partial charge in [-0.25, -0.2) is 9.59 Å². The molecular weight excluding hydrogens is 462 g/mol. The first-order valence-electron chi connectivity index (χ1n) is 11.4. The highest BCUT2D eigenvalue weighted by Gasteiger charge is 2.38. The van der Waals surface area contributed by atoms with Crippen molar-refractivity contribution in [1.82, 2.24) is 5.32 Å². The van der Waals surface area contributed by atoms with Gasteiger partial charge in [0.2, 0.25) is 0 Å². The molecule has 0 bridgehead atoms. The zero-order chi connectivity index (χ0) is 25.0. The van der Waals surface area contributed by atoms with E-state index in [1.807, 2.05) is 74.5 Å². The van der Waals surface area contributed by atoms with Crippen LogP contribution in [0.2, 0.25) is 0 Å². The molecule has 2 N–H and O–H groups in total. The van der Waals surface area contributed by atoms with Crippen molar-refractivity contribution >= 4 is 23.8 Å². The first-order valence-corrected chi connectivity index (χ1v) is 12.4. The SMILES string of the molecule is COc1ccc(CSC(C)(C)C(NC(=O)OCC2c3ccccc3-c3ccccc32)C(=O)O)cc1. The molecule has 1 atom stereocenters. The van der Waals surface area contributed by atoms with E-state index in [0.717, 1.165) is 33.6 Å². The summed E-state index contributed by atoms with van der Waals surface area (Å²) in [4.78, 5) is 24.8. The Morgan fingerprint density at radius 1 is 0.971 bits per heavy atom. The number of rotatable bonds is 9. The highest BCUT2D eigenvalue weighted by molar-refractivity contribution is 7.99. The smallest absolute Gasteiger partial charge is 0.407 e. The van der Waals surface area contributed by atoms with Crippen LogP contribution in [-0.2, 0) is 15.3 Å². The van der Waals surface area contributed by atoms with Gasteiger partial charge in [-0.1, -0.05) is 60.7 Å². The largest absolute Gasteiger partial charge is 0.497 e. The van der Waals surface area contributed by atoms with Gasteiger partial charge in [0.05, 0.1) is 7.11 Å². The van der Waals surface area contributed by atoms with Gasteiger partial charge in [-0.3, -0.25) is 0 Å². The van der Waals surface area contributed by atoms with Crippen molar-refractivity contribution in [3.05, 3.63) is 89.5 Å². The zero-order valence-corrected chi connectivity index (χ0v) is 20.8. The van der Waals surface area contributed by atoms with Crippen LogP contribution >= 0.6 is 11.8 Å². The monoisotopic (exact) mass is 491 g/mol. The molecule has 1 aliphatic rings.